The number of nitrogens with zero attached hydrogens (tertiary/aromatic N) is 2. The molecule has 1 N–H and O–H groups in total. The van der Waals surface area contributed by atoms with Gasteiger partial charge in [0.2, 0.25) is 5.88 Å². The summed E-state index contributed by atoms with van der Waals surface area (Å²) in [5.41, 5.74) is 0.176. The van der Waals surface area contributed by atoms with Crippen molar-refractivity contribution in [2.24, 2.45) is 0 Å². The Balaban J connectivity index is 1.84. The molecule has 206 valence electrons. The third kappa shape index (κ3) is 5.27. The molecule has 1 heterocycles. The summed E-state index contributed by atoms with van der Waals surface area (Å²) in [6.45, 7) is 0.560. The topological polar surface area (TPSA) is 45.6 Å². The lowest BCUT2D eigenvalue weighted by atomic mass is 9.70. The number of halogens is 3. The Bertz CT molecular complexity index is 1630. The van der Waals surface area contributed by atoms with Crippen molar-refractivity contribution in [3.8, 4) is 5.88 Å². The van der Waals surface area contributed by atoms with Crippen molar-refractivity contribution >= 4 is 21.7 Å². The van der Waals surface area contributed by atoms with Crippen LogP contribution in [0.25, 0.3) is 21.7 Å². The van der Waals surface area contributed by atoms with Crippen LogP contribution in [0, 0.1) is 0 Å². The molecule has 0 fully saturated rings. The van der Waals surface area contributed by atoms with E-state index >= 15 is 0 Å². The molecule has 4 nitrogen and oxygen atoms in total. The number of methoxy groups -OCH3 is 1. The van der Waals surface area contributed by atoms with E-state index in [1.807, 2.05) is 91.8 Å². The molecule has 2 atom stereocenters. The zero-order valence-electron chi connectivity index (χ0n) is 22.6. The number of aromatic nitrogens is 1. The first-order valence-electron chi connectivity index (χ1n) is 13.1. The third-order valence-electron chi connectivity index (χ3n) is 7.45. The van der Waals surface area contributed by atoms with Gasteiger partial charge in [-0.05, 0) is 66.7 Å². The average molecular weight is 545 g/mol. The van der Waals surface area contributed by atoms with Crippen LogP contribution in [-0.2, 0) is 11.8 Å². The van der Waals surface area contributed by atoms with Gasteiger partial charge in [-0.25, -0.2) is 4.98 Å². The van der Waals surface area contributed by atoms with E-state index in [0.29, 0.717) is 29.4 Å². The predicted octanol–water partition coefficient (Wildman–Crippen LogP) is 7.39. The van der Waals surface area contributed by atoms with E-state index in [0.717, 1.165) is 34.0 Å². The first-order chi connectivity index (χ1) is 19.1. The molecule has 0 spiro atoms. The number of fused-ring (bicyclic) bond motifs is 2. The van der Waals surface area contributed by atoms with Gasteiger partial charge in [-0.1, -0.05) is 72.8 Å². The van der Waals surface area contributed by atoms with Gasteiger partial charge in [-0.2, -0.15) is 13.2 Å². The maximum absolute atomic E-state index is 13.6. The van der Waals surface area contributed by atoms with Gasteiger partial charge < -0.3 is 14.7 Å². The Kier molecular flexibility index (Phi) is 7.53. The van der Waals surface area contributed by atoms with Crippen molar-refractivity contribution in [2.45, 2.75) is 24.1 Å². The lowest BCUT2D eigenvalue weighted by Crippen LogP contribution is -2.38. The molecule has 7 heteroatoms. The summed E-state index contributed by atoms with van der Waals surface area (Å²) in [5, 5.41) is 15.2. The number of alkyl halides is 3. The van der Waals surface area contributed by atoms with Crippen molar-refractivity contribution in [1.29, 1.82) is 0 Å². The molecule has 5 rings (SSSR count). The van der Waals surface area contributed by atoms with Gasteiger partial charge in [0, 0.05) is 23.4 Å². The molecule has 0 saturated heterocycles. The van der Waals surface area contributed by atoms with Crippen LogP contribution in [0.1, 0.15) is 34.6 Å². The second-order valence-corrected chi connectivity index (χ2v) is 10.3. The van der Waals surface area contributed by atoms with Crippen LogP contribution >= 0.6 is 0 Å². The minimum Gasteiger partial charge on any atom is -0.481 e. The average Bonchev–Trinajstić information content (AvgIpc) is 2.95. The zero-order chi connectivity index (χ0) is 28.5. The van der Waals surface area contributed by atoms with Crippen LogP contribution < -0.4 is 4.74 Å². The quantitative estimate of drug-likeness (QED) is 0.221. The maximum atomic E-state index is 13.6. The largest absolute Gasteiger partial charge is 0.481 e. The van der Waals surface area contributed by atoms with Gasteiger partial charge in [0.05, 0.1) is 18.2 Å². The minimum atomic E-state index is -4.50. The van der Waals surface area contributed by atoms with Crippen LogP contribution in [0.4, 0.5) is 13.2 Å². The highest BCUT2D eigenvalue weighted by molar-refractivity contribution is 5.87. The van der Waals surface area contributed by atoms with Crippen molar-refractivity contribution in [1.82, 2.24) is 9.88 Å². The van der Waals surface area contributed by atoms with E-state index in [1.54, 1.807) is 6.07 Å². The SMILES string of the molecule is COc1nc2ccc(C(F)(F)F)cc2cc1C(c1ccccc1)C(O)(CCN(C)C)c1cccc2ccccc12. The Labute approximate surface area is 231 Å². The highest BCUT2D eigenvalue weighted by atomic mass is 19.4. The molecule has 0 aliphatic carbocycles. The molecule has 0 amide bonds. The van der Waals surface area contributed by atoms with E-state index in [-0.39, 0.29) is 5.88 Å². The van der Waals surface area contributed by atoms with Crippen molar-refractivity contribution < 1.29 is 23.0 Å². The highest BCUT2D eigenvalue weighted by Crippen LogP contribution is 2.49. The first kappa shape index (κ1) is 27.6. The van der Waals surface area contributed by atoms with E-state index in [2.05, 4.69) is 4.98 Å². The van der Waals surface area contributed by atoms with Gasteiger partial charge in [0.1, 0.15) is 5.60 Å². The number of rotatable bonds is 8. The Morgan fingerprint density at radius 2 is 1.55 bits per heavy atom. The van der Waals surface area contributed by atoms with Crippen molar-refractivity contribution in [3.63, 3.8) is 0 Å². The third-order valence-corrected chi connectivity index (χ3v) is 7.45. The summed E-state index contributed by atoms with van der Waals surface area (Å²) in [4.78, 5) is 6.62. The Hall–Kier alpha value is -3.94. The predicted molar refractivity (Wildman–Crippen MR) is 153 cm³/mol. The molecule has 40 heavy (non-hydrogen) atoms. The fraction of sp³-hybridized carbons (Fsp3) is 0.242. The molecule has 5 aromatic rings. The summed E-state index contributed by atoms with van der Waals surface area (Å²) in [5.74, 6) is -0.453. The first-order valence-corrected chi connectivity index (χ1v) is 13.1. The molecule has 0 saturated carbocycles. The van der Waals surface area contributed by atoms with Crippen LogP contribution in [0.5, 0.6) is 5.88 Å². The van der Waals surface area contributed by atoms with Gasteiger partial charge in [-0.15, -0.1) is 0 Å². The monoisotopic (exact) mass is 544 g/mol. The number of ether oxygens (including phenoxy) is 1. The van der Waals surface area contributed by atoms with E-state index in [1.165, 1.54) is 13.2 Å². The molecule has 0 bridgehead atoms. The van der Waals surface area contributed by atoms with Crippen LogP contribution in [0.3, 0.4) is 0 Å². The van der Waals surface area contributed by atoms with E-state index in [4.69, 9.17) is 4.74 Å². The number of pyridine rings is 1. The summed E-state index contributed by atoms with van der Waals surface area (Å²) in [7, 11) is 5.37. The van der Waals surface area contributed by atoms with Crippen LogP contribution in [0.2, 0.25) is 0 Å². The molecule has 0 radical (unpaired) electrons. The lowest BCUT2D eigenvalue weighted by Gasteiger charge is -2.39. The van der Waals surface area contributed by atoms with Gasteiger partial charge in [-0.3, -0.25) is 0 Å². The minimum absolute atomic E-state index is 0.254. The van der Waals surface area contributed by atoms with Gasteiger partial charge >= 0.3 is 6.18 Å². The van der Waals surface area contributed by atoms with E-state index < -0.39 is 23.3 Å². The van der Waals surface area contributed by atoms with Crippen molar-refractivity contribution in [3.05, 3.63) is 119 Å². The number of benzene rings is 4. The number of aliphatic hydroxyl groups is 1. The number of hydrogen-bond acceptors (Lipinski definition) is 4. The molecule has 0 aliphatic rings. The van der Waals surface area contributed by atoms with Crippen LogP contribution in [-0.4, -0.2) is 42.7 Å². The maximum Gasteiger partial charge on any atom is 0.416 e. The second-order valence-electron chi connectivity index (χ2n) is 10.3. The van der Waals surface area contributed by atoms with Crippen LogP contribution in [0.15, 0.2) is 97.1 Å². The van der Waals surface area contributed by atoms with Crippen molar-refractivity contribution in [2.75, 3.05) is 27.7 Å². The fourth-order valence-corrected chi connectivity index (χ4v) is 5.51. The summed E-state index contributed by atoms with van der Waals surface area (Å²) in [6.07, 6.45) is -4.15. The highest BCUT2D eigenvalue weighted by Gasteiger charge is 2.43. The molecular formula is C33H31F3N2O2. The van der Waals surface area contributed by atoms with Gasteiger partial charge in [0.25, 0.3) is 0 Å². The molecule has 4 aromatic carbocycles. The Morgan fingerprint density at radius 3 is 2.25 bits per heavy atom. The Morgan fingerprint density at radius 1 is 0.850 bits per heavy atom. The second kappa shape index (κ2) is 10.9. The molecular weight excluding hydrogens is 513 g/mol. The number of hydrogen-bond donors (Lipinski definition) is 1. The standard InChI is InChI=1S/C33H31F3N2O2/c1-38(2)19-18-32(39,28-15-9-13-22-10-7-8-14-26(22)28)30(23-11-5-4-6-12-23)27-21-24-20-25(33(34,35)36)16-17-29(24)37-31(27)40-3/h4-17,20-21,30,39H,18-19H2,1-3H3. The fourth-order valence-electron chi connectivity index (χ4n) is 5.51. The normalized spacial score (nSPS) is 14.4. The molecule has 0 aliphatic heterocycles. The molecule has 2 unspecified atom stereocenters. The van der Waals surface area contributed by atoms with E-state index in [9.17, 15) is 18.3 Å². The lowest BCUT2D eigenvalue weighted by molar-refractivity contribution is -0.137. The smallest absolute Gasteiger partial charge is 0.416 e. The zero-order valence-corrected chi connectivity index (χ0v) is 22.6. The van der Waals surface area contributed by atoms with Gasteiger partial charge in [0.15, 0.2) is 0 Å². The summed E-state index contributed by atoms with van der Waals surface area (Å²) >= 11 is 0. The summed E-state index contributed by atoms with van der Waals surface area (Å²) in [6, 6.07) is 28.4. The molecule has 1 aromatic heterocycles. The summed E-state index contributed by atoms with van der Waals surface area (Å²) < 4.78 is 46.6.